The zero-order valence-electron chi connectivity index (χ0n) is 22.7. The van der Waals surface area contributed by atoms with Crippen molar-refractivity contribution in [2.45, 2.75) is 116 Å². The Labute approximate surface area is 216 Å². The summed E-state index contributed by atoms with van der Waals surface area (Å²) in [5.74, 6) is 3.70. The fourth-order valence-corrected chi connectivity index (χ4v) is 6.77. The zero-order chi connectivity index (χ0) is 24.3. The molecule has 0 heterocycles. The smallest absolute Gasteiger partial charge is 0.0162 e. The number of hydrogen-bond acceptors (Lipinski definition) is 0. The maximum atomic E-state index is 2.41. The van der Waals surface area contributed by atoms with Gasteiger partial charge in [-0.3, -0.25) is 0 Å². The molecule has 190 valence electrons. The van der Waals surface area contributed by atoms with Gasteiger partial charge in [-0.2, -0.15) is 0 Å². The lowest BCUT2D eigenvalue weighted by Crippen LogP contribution is -2.15. The first-order valence-corrected chi connectivity index (χ1v) is 15.1. The maximum absolute atomic E-state index is 2.41. The van der Waals surface area contributed by atoms with Gasteiger partial charge < -0.3 is 0 Å². The van der Waals surface area contributed by atoms with E-state index >= 15 is 0 Å². The number of rotatable bonds is 11. The summed E-state index contributed by atoms with van der Waals surface area (Å²) in [4.78, 5) is 0. The molecule has 0 amide bonds. The average Bonchev–Trinajstić information content (AvgIpc) is 2.92. The summed E-state index contributed by atoms with van der Waals surface area (Å²) in [6.45, 7) is 4.46. The predicted octanol–water partition coefficient (Wildman–Crippen LogP) is 10.9. The predicted molar refractivity (Wildman–Crippen MR) is 154 cm³/mol. The van der Waals surface area contributed by atoms with Crippen molar-refractivity contribution in [2.75, 3.05) is 0 Å². The summed E-state index contributed by atoms with van der Waals surface area (Å²) in [6.07, 6.45) is 25.5. The van der Waals surface area contributed by atoms with Crippen molar-refractivity contribution >= 4 is 0 Å². The highest BCUT2D eigenvalue weighted by Gasteiger charge is 2.22. The van der Waals surface area contributed by atoms with Crippen molar-refractivity contribution in [2.24, 2.45) is 17.8 Å². The Morgan fingerprint density at radius 1 is 0.657 bits per heavy atom. The maximum Gasteiger partial charge on any atom is -0.0162 e. The van der Waals surface area contributed by atoms with Crippen LogP contribution in [-0.2, 0) is 6.42 Å². The Kier molecular flexibility index (Phi) is 10.5. The van der Waals surface area contributed by atoms with Gasteiger partial charge in [-0.15, -0.1) is 0 Å². The van der Waals surface area contributed by atoms with Crippen molar-refractivity contribution in [1.82, 2.24) is 0 Å². The first kappa shape index (κ1) is 26.2. The van der Waals surface area contributed by atoms with Gasteiger partial charge in [-0.05, 0) is 104 Å². The summed E-state index contributed by atoms with van der Waals surface area (Å²) in [5.41, 5.74) is 5.81. The molecule has 0 aromatic heterocycles. The molecule has 2 fully saturated rings. The van der Waals surface area contributed by atoms with Gasteiger partial charge >= 0.3 is 0 Å². The Morgan fingerprint density at radius 3 is 1.80 bits per heavy atom. The molecule has 2 aliphatic rings. The molecule has 0 heteroatoms. The van der Waals surface area contributed by atoms with Crippen molar-refractivity contribution in [1.29, 1.82) is 0 Å². The van der Waals surface area contributed by atoms with Crippen LogP contribution in [-0.4, -0.2) is 0 Å². The average molecular weight is 471 g/mol. The monoisotopic (exact) mass is 470 g/mol. The zero-order valence-corrected chi connectivity index (χ0v) is 22.7. The molecule has 2 aliphatic carbocycles. The van der Waals surface area contributed by atoms with Crippen LogP contribution in [0.5, 0.6) is 0 Å². The first-order valence-electron chi connectivity index (χ1n) is 15.1. The minimum absolute atomic E-state index is 0.770. The third kappa shape index (κ3) is 8.09. The highest BCUT2D eigenvalue weighted by molar-refractivity contribution is 5.64. The second-order valence-corrected chi connectivity index (χ2v) is 11.8. The van der Waals surface area contributed by atoms with Crippen LogP contribution < -0.4 is 0 Å². The van der Waals surface area contributed by atoms with E-state index in [0.29, 0.717) is 0 Å². The third-order valence-electron chi connectivity index (χ3n) is 9.27. The van der Waals surface area contributed by atoms with E-state index < -0.39 is 0 Å². The normalized spacial score (nSPS) is 25.2. The van der Waals surface area contributed by atoms with Gasteiger partial charge in [0.2, 0.25) is 0 Å². The molecule has 0 bridgehead atoms. The van der Waals surface area contributed by atoms with E-state index in [-0.39, 0.29) is 0 Å². The first-order chi connectivity index (χ1) is 17.2. The number of allylic oxidation sites excluding steroid dienone is 2. The standard InChI is InChI=1S/C35H50/c1-3-5-7-9-29-16-20-32(21-17-29)34-24-26-35(27-25-34)33-22-18-31(19-23-33)15-14-30-12-10-28(11-13-30)8-6-4-2/h3,5,18-19,22-30,32H,4,6-17,20-21H2,1-2H3/b5-3+/t28-,29-,30-,32-. The van der Waals surface area contributed by atoms with E-state index in [9.17, 15) is 0 Å². The van der Waals surface area contributed by atoms with Crippen LogP contribution in [0.2, 0.25) is 0 Å². The number of hydrogen-bond donors (Lipinski definition) is 0. The Morgan fingerprint density at radius 2 is 1.20 bits per heavy atom. The van der Waals surface area contributed by atoms with E-state index in [1.165, 1.54) is 113 Å². The number of unbranched alkanes of at least 4 members (excludes halogenated alkanes) is 1. The molecule has 0 N–H and O–H groups in total. The SMILES string of the molecule is C/C=C/CC[C@H]1CC[C@H](c2ccc(-c3ccc(CC[C@H]4CC[C@H](CCCC)CC4)cc3)cc2)CC1. The number of benzene rings is 2. The Balaban J connectivity index is 1.21. The van der Waals surface area contributed by atoms with Gasteiger partial charge in [0.25, 0.3) is 0 Å². The Bertz CT molecular complexity index is 855. The van der Waals surface area contributed by atoms with E-state index in [1.54, 1.807) is 5.56 Å². The minimum Gasteiger partial charge on any atom is -0.0917 e. The topological polar surface area (TPSA) is 0 Å². The van der Waals surface area contributed by atoms with Crippen molar-refractivity contribution in [3.05, 3.63) is 71.8 Å². The molecule has 0 aliphatic heterocycles. The van der Waals surface area contributed by atoms with E-state index in [0.717, 1.165) is 23.7 Å². The summed E-state index contributed by atoms with van der Waals surface area (Å²) >= 11 is 0. The van der Waals surface area contributed by atoms with Gasteiger partial charge in [0.15, 0.2) is 0 Å². The fourth-order valence-electron chi connectivity index (χ4n) is 6.77. The van der Waals surface area contributed by atoms with Crippen LogP contribution in [0.3, 0.4) is 0 Å². The summed E-state index contributed by atoms with van der Waals surface area (Å²) in [5, 5.41) is 0. The van der Waals surface area contributed by atoms with Crippen LogP contribution in [0.4, 0.5) is 0 Å². The van der Waals surface area contributed by atoms with Gasteiger partial charge in [0.05, 0.1) is 0 Å². The molecule has 35 heavy (non-hydrogen) atoms. The highest BCUT2D eigenvalue weighted by atomic mass is 14.3. The number of aryl methyl sites for hydroxylation is 1. The summed E-state index contributed by atoms with van der Waals surface area (Å²) in [7, 11) is 0. The van der Waals surface area contributed by atoms with Crippen molar-refractivity contribution in [3.63, 3.8) is 0 Å². The molecule has 0 unspecified atom stereocenters. The van der Waals surface area contributed by atoms with Crippen LogP contribution in [0.15, 0.2) is 60.7 Å². The molecule has 0 spiro atoms. The van der Waals surface area contributed by atoms with E-state index in [2.05, 4.69) is 74.5 Å². The van der Waals surface area contributed by atoms with E-state index in [1.807, 2.05) is 0 Å². The molecule has 0 nitrogen and oxygen atoms in total. The molecule has 4 rings (SSSR count). The van der Waals surface area contributed by atoms with Gasteiger partial charge in [-0.1, -0.05) is 113 Å². The van der Waals surface area contributed by atoms with Crippen molar-refractivity contribution < 1.29 is 0 Å². The summed E-state index contributed by atoms with van der Waals surface area (Å²) in [6, 6.07) is 19.0. The van der Waals surface area contributed by atoms with Crippen molar-refractivity contribution in [3.8, 4) is 11.1 Å². The van der Waals surface area contributed by atoms with Crippen LogP contribution >= 0.6 is 0 Å². The molecular weight excluding hydrogens is 420 g/mol. The molecule has 2 aromatic carbocycles. The largest absolute Gasteiger partial charge is 0.0917 e. The van der Waals surface area contributed by atoms with Gasteiger partial charge in [-0.25, -0.2) is 0 Å². The summed E-state index contributed by atoms with van der Waals surface area (Å²) < 4.78 is 0. The van der Waals surface area contributed by atoms with Crippen LogP contribution in [0.25, 0.3) is 11.1 Å². The molecule has 0 atom stereocenters. The lowest BCUT2D eigenvalue weighted by molar-refractivity contribution is 0.250. The van der Waals surface area contributed by atoms with Gasteiger partial charge in [0, 0.05) is 0 Å². The molecule has 0 radical (unpaired) electrons. The third-order valence-corrected chi connectivity index (χ3v) is 9.27. The Hall–Kier alpha value is -1.82. The lowest BCUT2D eigenvalue weighted by Gasteiger charge is -2.28. The molecule has 0 saturated heterocycles. The molecule has 2 aromatic rings. The highest BCUT2D eigenvalue weighted by Crippen LogP contribution is 2.38. The van der Waals surface area contributed by atoms with E-state index in [4.69, 9.17) is 0 Å². The van der Waals surface area contributed by atoms with Crippen LogP contribution in [0, 0.1) is 17.8 Å². The molecular formula is C35H50. The second-order valence-electron chi connectivity index (χ2n) is 11.8. The molecule has 2 saturated carbocycles. The second kappa shape index (κ2) is 14.1. The lowest BCUT2D eigenvalue weighted by atomic mass is 9.77. The van der Waals surface area contributed by atoms with Gasteiger partial charge in [0.1, 0.15) is 0 Å². The van der Waals surface area contributed by atoms with Crippen LogP contribution in [0.1, 0.15) is 121 Å². The quantitative estimate of drug-likeness (QED) is 0.286. The fraction of sp³-hybridized carbons (Fsp3) is 0.600. The minimum atomic E-state index is 0.770.